The quantitative estimate of drug-likeness (QED) is 0.413. The van der Waals surface area contributed by atoms with E-state index in [9.17, 15) is 5.26 Å². The molecule has 0 saturated carbocycles. The van der Waals surface area contributed by atoms with Crippen molar-refractivity contribution in [3.8, 4) is 23.4 Å². The van der Waals surface area contributed by atoms with Crippen LogP contribution in [0.25, 0.3) is 21.8 Å². The van der Waals surface area contributed by atoms with Gasteiger partial charge in [-0.25, -0.2) is 4.98 Å². The first-order chi connectivity index (χ1) is 18.1. The van der Waals surface area contributed by atoms with E-state index in [1.165, 1.54) is 0 Å². The van der Waals surface area contributed by atoms with Crippen LogP contribution in [-0.2, 0) is 0 Å². The topological polar surface area (TPSA) is 102 Å². The van der Waals surface area contributed by atoms with Crippen LogP contribution >= 0.6 is 0 Å². The summed E-state index contributed by atoms with van der Waals surface area (Å²) in [5.41, 5.74) is 3.95. The molecule has 0 amide bonds. The van der Waals surface area contributed by atoms with Crippen LogP contribution in [0, 0.1) is 18.3 Å². The minimum Gasteiger partial charge on any atom is -0.475 e. The minimum atomic E-state index is 0.319. The zero-order valence-corrected chi connectivity index (χ0v) is 21.3. The summed E-state index contributed by atoms with van der Waals surface area (Å²) >= 11 is 0. The van der Waals surface area contributed by atoms with E-state index in [-0.39, 0.29) is 0 Å². The van der Waals surface area contributed by atoms with Gasteiger partial charge in [0, 0.05) is 37.6 Å². The van der Waals surface area contributed by atoms with Crippen molar-refractivity contribution in [2.45, 2.75) is 25.8 Å². The Labute approximate surface area is 216 Å². The van der Waals surface area contributed by atoms with Gasteiger partial charge in [0.2, 0.25) is 5.88 Å². The predicted octanol–water partition coefficient (Wildman–Crippen LogP) is 3.97. The Kier molecular flexibility index (Phi) is 6.28. The van der Waals surface area contributed by atoms with Gasteiger partial charge in [-0.05, 0) is 51.1 Å². The number of likely N-dealkylation sites (N-methyl/N-ethyl adjacent to an activating group) is 1. The van der Waals surface area contributed by atoms with Crippen LogP contribution in [0.15, 0.2) is 36.5 Å². The van der Waals surface area contributed by atoms with E-state index in [4.69, 9.17) is 14.5 Å². The highest BCUT2D eigenvalue weighted by Gasteiger charge is 2.27. The van der Waals surface area contributed by atoms with Crippen molar-refractivity contribution in [1.29, 1.82) is 5.26 Å². The maximum absolute atomic E-state index is 10.3. The fourth-order valence-electron chi connectivity index (χ4n) is 5.44. The van der Waals surface area contributed by atoms with Crippen LogP contribution < -0.4 is 19.7 Å². The van der Waals surface area contributed by atoms with Crippen molar-refractivity contribution in [3.63, 3.8) is 0 Å². The lowest BCUT2D eigenvalue weighted by molar-refractivity contribution is 0.193. The fraction of sp³-hybridized carbons (Fsp3) is 0.393. The monoisotopic (exact) mass is 497 g/mol. The SMILES string of the molecule is Cc1ccc2[nH]ncc2c1Oc1cccc2c(N3CCNCC3)c(C#N)c(OC[C@@H]3CCCN3C)nc12. The summed E-state index contributed by atoms with van der Waals surface area (Å²) in [4.78, 5) is 9.50. The molecule has 0 spiro atoms. The van der Waals surface area contributed by atoms with Gasteiger partial charge in [-0.2, -0.15) is 10.4 Å². The number of nitriles is 1. The second-order valence-corrected chi connectivity index (χ2v) is 9.87. The third-order valence-corrected chi connectivity index (χ3v) is 7.53. The number of para-hydroxylation sites is 1. The van der Waals surface area contributed by atoms with E-state index in [1.54, 1.807) is 6.20 Å². The van der Waals surface area contributed by atoms with E-state index >= 15 is 0 Å². The number of H-pyrrole nitrogens is 1. The molecule has 2 aliphatic heterocycles. The van der Waals surface area contributed by atoms with Crippen LogP contribution in [0.1, 0.15) is 24.0 Å². The molecule has 190 valence electrons. The molecule has 0 radical (unpaired) electrons. The molecule has 0 unspecified atom stereocenters. The number of nitrogens with one attached hydrogen (secondary N) is 2. The first-order valence-electron chi connectivity index (χ1n) is 12.9. The summed E-state index contributed by atoms with van der Waals surface area (Å²) in [6.45, 7) is 6.90. The predicted molar refractivity (Wildman–Crippen MR) is 144 cm³/mol. The number of aryl methyl sites for hydroxylation is 1. The normalized spacial score (nSPS) is 18.4. The zero-order chi connectivity index (χ0) is 25.4. The maximum atomic E-state index is 10.3. The van der Waals surface area contributed by atoms with Crippen LogP contribution in [0.2, 0.25) is 0 Å². The number of anilines is 1. The molecular weight excluding hydrogens is 466 g/mol. The first kappa shape index (κ1) is 23.5. The van der Waals surface area contributed by atoms with E-state index < -0.39 is 0 Å². The summed E-state index contributed by atoms with van der Waals surface area (Å²) in [5, 5.41) is 22.7. The van der Waals surface area contributed by atoms with Crippen LogP contribution in [0.4, 0.5) is 5.69 Å². The molecule has 1 atom stereocenters. The number of rotatable bonds is 6. The van der Waals surface area contributed by atoms with Gasteiger partial charge in [0.1, 0.15) is 29.5 Å². The van der Waals surface area contributed by atoms with Gasteiger partial charge >= 0.3 is 0 Å². The highest BCUT2D eigenvalue weighted by atomic mass is 16.5. The van der Waals surface area contributed by atoms with Gasteiger partial charge in [-0.3, -0.25) is 5.10 Å². The third kappa shape index (κ3) is 4.32. The molecule has 37 heavy (non-hydrogen) atoms. The summed E-state index contributed by atoms with van der Waals surface area (Å²) < 4.78 is 12.9. The average Bonchev–Trinajstić information content (AvgIpc) is 3.57. The Morgan fingerprint density at radius 1 is 1.14 bits per heavy atom. The molecule has 2 aromatic carbocycles. The molecule has 4 heterocycles. The Bertz CT molecular complexity index is 1490. The number of fused-ring (bicyclic) bond motifs is 2. The molecule has 9 heteroatoms. The van der Waals surface area contributed by atoms with E-state index in [2.05, 4.69) is 38.4 Å². The van der Waals surface area contributed by atoms with Crippen LogP contribution in [0.3, 0.4) is 0 Å². The van der Waals surface area contributed by atoms with Gasteiger partial charge in [0.15, 0.2) is 5.75 Å². The molecule has 2 N–H and O–H groups in total. The summed E-state index contributed by atoms with van der Waals surface area (Å²) in [7, 11) is 2.12. The third-order valence-electron chi connectivity index (χ3n) is 7.53. The molecule has 0 bridgehead atoms. The lowest BCUT2D eigenvalue weighted by Crippen LogP contribution is -2.44. The largest absolute Gasteiger partial charge is 0.475 e. The molecule has 6 rings (SSSR count). The number of benzene rings is 2. The zero-order valence-electron chi connectivity index (χ0n) is 21.3. The number of nitrogens with zero attached hydrogens (tertiary/aromatic N) is 5. The van der Waals surface area contributed by atoms with E-state index in [0.717, 1.165) is 78.9 Å². The summed E-state index contributed by atoms with van der Waals surface area (Å²) in [5.74, 6) is 1.74. The van der Waals surface area contributed by atoms with Crippen LogP contribution in [-0.4, -0.2) is 72.5 Å². The van der Waals surface area contributed by atoms with E-state index in [0.29, 0.717) is 35.4 Å². The Morgan fingerprint density at radius 2 is 2.00 bits per heavy atom. The standard InChI is InChI=1S/C28H31N7O2/c1-18-8-9-23-22(16-31-33-23)27(18)37-24-7-3-6-20-25(24)32-28(36-17-19-5-4-12-34(19)2)21(15-29)26(20)35-13-10-30-11-14-35/h3,6-9,16,19,30H,4-5,10-14,17H2,1-2H3,(H,31,33)/t19-/m0/s1. The first-order valence-corrected chi connectivity index (χ1v) is 12.9. The van der Waals surface area contributed by atoms with Gasteiger partial charge < -0.3 is 24.6 Å². The Balaban J connectivity index is 1.49. The number of pyridine rings is 1. The number of hydrogen-bond donors (Lipinski definition) is 2. The number of ether oxygens (including phenoxy) is 2. The summed E-state index contributed by atoms with van der Waals surface area (Å²) in [6.07, 6.45) is 4.02. The van der Waals surface area contributed by atoms with Gasteiger partial charge in [-0.1, -0.05) is 18.2 Å². The smallest absolute Gasteiger partial charge is 0.234 e. The van der Waals surface area contributed by atoms with Crippen molar-refractivity contribution in [2.75, 3.05) is 51.3 Å². The molecular formula is C28H31N7O2. The van der Waals surface area contributed by atoms with Gasteiger partial charge in [-0.15, -0.1) is 0 Å². The number of hydrogen-bond acceptors (Lipinski definition) is 8. The Hall–Kier alpha value is -3.87. The van der Waals surface area contributed by atoms with Crippen molar-refractivity contribution in [3.05, 3.63) is 47.7 Å². The van der Waals surface area contributed by atoms with Gasteiger partial charge in [0.05, 0.1) is 22.8 Å². The summed E-state index contributed by atoms with van der Waals surface area (Å²) in [6, 6.07) is 12.7. The van der Waals surface area contributed by atoms with Crippen molar-refractivity contribution < 1.29 is 9.47 Å². The number of aromatic nitrogens is 3. The second kappa shape index (κ2) is 9.88. The highest BCUT2D eigenvalue weighted by Crippen LogP contribution is 2.41. The van der Waals surface area contributed by atoms with Crippen LogP contribution in [0.5, 0.6) is 17.4 Å². The Morgan fingerprint density at radius 3 is 2.78 bits per heavy atom. The molecule has 0 aliphatic carbocycles. The maximum Gasteiger partial charge on any atom is 0.234 e. The molecule has 2 fully saturated rings. The molecule has 4 aromatic rings. The highest BCUT2D eigenvalue weighted by molar-refractivity contribution is 5.99. The minimum absolute atomic E-state index is 0.319. The average molecular weight is 498 g/mol. The molecule has 2 aliphatic rings. The van der Waals surface area contributed by atoms with Gasteiger partial charge in [0.25, 0.3) is 0 Å². The lowest BCUT2D eigenvalue weighted by atomic mass is 10.1. The molecule has 9 nitrogen and oxygen atoms in total. The number of aromatic amines is 1. The lowest BCUT2D eigenvalue weighted by Gasteiger charge is -2.31. The fourth-order valence-corrected chi connectivity index (χ4v) is 5.44. The molecule has 2 saturated heterocycles. The number of likely N-dealkylation sites (tertiary alicyclic amines) is 1. The van der Waals surface area contributed by atoms with Crippen molar-refractivity contribution in [1.82, 2.24) is 25.4 Å². The molecule has 2 aromatic heterocycles. The van der Waals surface area contributed by atoms with E-state index in [1.807, 2.05) is 37.3 Å². The van der Waals surface area contributed by atoms with Crippen molar-refractivity contribution >= 4 is 27.5 Å². The second-order valence-electron chi connectivity index (χ2n) is 9.87. The van der Waals surface area contributed by atoms with Crippen molar-refractivity contribution in [2.24, 2.45) is 0 Å². The number of piperazine rings is 1.